The molecule has 0 fully saturated rings. The number of nitrogens with one attached hydrogen (secondary N) is 2. The quantitative estimate of drug-likeness (QED) is 0.296. The second kappa shape index (κ2) is 12.4. The molecule has 19 heteroatoms. The van der Waals surface area contributed by atoms with Crippen LogP contribution in [0.2, 0.25) is 5.02 Å². The van der Waals surface area contributed by atoms with E-state index in [9.17, 15) is 44.7 Å². The first-order valence-corrected chi connectivity index (χ1v) is 13.3. The third-order valence-electron chi connectivity index (χ3n) is 5.41. The van der Waals surface area contributed by atoms with Crippen molar-refractivity contribution in [2.24, 2.45) is 0 Å². The molecule has 0 radical (unpaired) electrons. The van der Waals surface area contributed by atoms with Gasteiger partial charge < -0.3 is 10.6 Å². The zero-order valence-electron chi connectivity index (χ0n) is 21.7. The van der Waals surface area contributed by atoms with Crippen molar-refractivity contribution >= 4 is 40.9 Å². The first-order chi connectivity index (χ1) is 19.4. The molecule has 1 aromatic carbocycles. The highest BCUT2D eigenvalue weighted by atomic mass is 35.5. The Labute approximate surface area is 241 Å². The number of amides is 2. The maximum atomic E-state index is 13.6. The van der Waals surface area contributed by atoms with Gasteiger partial charge in [-0.05, 0) is 32.2 Å². The maximum Gasteiger partial charge on any atom is 0.461 e. The van der Waals surface area contributed by atoms with Crippen LogP contribution in [0.3, 0.4) is 0 Å². The summed E-state index contributed by atoms with van der Waals surface area (Å²) in [5, 5.41) is 7.89. The number of halogens is 9. The molecule has 0 aliphatic heterocycles. The molecule has 9 nitrogen and oxygen atoms in total. The fourth-order valence-corrected chi connectivity index (χ4v) is 4.33. The van der Waals surface area contributed by atoms with Crippen LogP contribution in [-0.4, -0.2) is 60.8 Å². The summed E-state index contributed by atoms with van der Waals surface area (Å²) in [5.41, 5.74) is -0.304. The fraction of sp³-hybridized carbons (Fsp3) is 0.391. The van der Waals surface area contributed by atoms with E-state index in [1.165, 1.54) is 36.9 Å². The van der Waals surface area contributed by atoms with Crippen molar-refractivity contribution < 1.29 is 44.7 Å². The first-order valence-electron chi connectivity index (χ1n) is 11.6. The highest BCUT2D eigenvalue weighted by Gasteiger charge is 2.62. The number of hydrogen-bond donors (Lipinski definition) is 2. The molecule has 0 spiro atoms. The molecule has 228 valence electrons. The molecule has 2 heterocycles. The normalized spacial score (nSPS) is 13.1. The molecule has 0 aliphatic carbocycles. The molecular formula is C23H20ClF8N7O2S. The zero-order chi connectivity index (χ0) is 31.6. The lowest BCUT2D eigenvalue weighted by Gasteiger charge is -2.16. The van der Waals surface area contributed by atoms with Gasteiger partial charge in [0.25, 0.3) is 11.8 Å². The summed E-state index contributed by atoms with van der Waals surface area (Å²) in [4.78, 5) is 35.9. The van der Waals surface area contributed by atoms with Gasteiger partial charge in [-0.25, -0.2) is 19.6 Å². The number of benzene rings is 1. The lowest BCUT2D eigenvalue weighted by molar-refractivity contribution is -0.292. The van der Waals surface area contributed by atoms with Gasteiger partial charge in [0.15, 0.2) is 0 Å². The van der Waals surface area contributed by atoms with Crippen LogP contribution in [0.25, 0.3) is 0 Å². The number of aromatic nitrogens is 5. The second-order valence-electron chi connectivity index (χ2n) is 8.72. The predicted octanol–water partition coefficient (Wildman–Crippen LogP) is 5.48. The van der Waals surface area contributed by atoms with E-state index < -0.39 is 54.1 Å². The van der Waals surface area contributed by atoms with Crippen LogP contribution in [0, 0.1) is 6.92 Å². The Morgan fingerprint density at radius 2 is 1.74 bits per heavy atom. The van der Waals surface area contributed by atoms with Gasteiger partial charge in [0.2, 0.25) is 11.6 Å². The smallest absolute Gasteiger partial charge is 0.349 e. The molecule has 0 saturated carbocycles. The van der Waals surface area contributed by atoms with Crippen LogP contribution in [0.4, 0.5) is 40.8 Å². The van der Waals surface area contributed by atoms with Gasteiger partial charge in [-0.2, -0.15) is 46.9 Å². The van der Waals surface area contributed by atoms with E-state index >= 15 is 0 Å². The Kier molecular flexibility index (Phi) is 9.71. The lowest BCUT2D eigenvalue weighted by atomic mass is 10.1. The molecule has 0 bridgehead atoms. The van der Waals surface area contributed by atoms with Crippen LogP contribution in [0.5, 0.6) is 0 Å². The summed E-state index contributed by atoms with van der Waals surface area (Å²) in [6, 6.07) is 3.92. The van der Waals surface area contributed by atoms with Gasteiger partial charge >= 0.3 is 18.3 Å². The second-order valence-corrected chi connectivity index (χ2v) is 10.0. The van der Waals surface area contributed by atoms with Crippen molar-refractivity contribution in [1.29, 1.82) is 0 Å². The number of aryl methyl sites for hydroxylation is 1. The summed E-state index contributed by atoms with van der Waals surface area (Å²) in [5.74, 6) is -11.6. The molecule has 0 saturated heterocycles. The third-order valence-corrected chi connectivity index (χ3v) is 6.56. The molecule has 1 atom stereocenters. The number of anilines is 1. The molecule has 42 heavy (non-hydrogen) atoms. The van der Waals surface area contributed by atoms with Crippen molar-refractivity contribution in [2.45, 2.75) is 44.7 Å². The van der Waals surface area contributed by atoms with Crippen molar-refractivity contribution in [3.05, 3.63) is 63.7 Å². The SMILES string of the molecule is CSCC(C)NC(=O)c1c(Cl)cccc1C(=O)Nc1cnc(Cn2nc(C(F)(F)C(F)(F)F)nc2C(F)(F)F)nc1C. The van der Waals surface area contributed by atoms with Crippen LogP contribution < -0.4 is 10.6 Å². The average molecular weight is 646 g/mol. The van der Waals surface area contributed by atoms with Crippen LogP contribution in [0.15, 0.2) is 24.4 Å². The monoisotopic (exact) mass is 645 g/mol. The summed E-state index contributed by atoms with van der Waals surface area (Å²) < 4.78 is 105. The van der Waals surface area contributed by atoms with Gasteiger partial charge in [-0.3, -0.25) is 9.59 Å². The highest BCUT2D eigenvalue weighted by Crippen LogP contribution is 2.43. The minimum atomic E-state index is -6.24. The van der Waals surface area contributed by atoms with Gasteiger partial charge in [0, 0.05) is 11.8 Å². The molecule has 2 aromatic heterocycles. The van der Waals surface area contributed by atoms with Crippen molar-refractivity contribution in [3.8, 4) is 0 Å². The summed E-state index contributed by atoms with van der Waals surface area (Å²) in [6.07, 6.45) is -8.87. The number of carbonyl (C=O) groups excluding carboxylic acids is 2. The molecule has 3 aromatic rings. The molecule has 2 amide bonds. The van der Waals surface area contributed by atoms with Gasteiger partial charge in [0.1, 0.15) is 12.4 Å². The van der Waals surface area contributed by atoms with E-state index in [2.05, 4.69) is 30.7 Å². The van der Waals surface area contributed by atoms with E-state index in [1.54, 1.807) is 6.92 Å². The van der Waals surface area contributed by atoms with Crippen LogP contribution >= 0.6 is 23.4 Å². The molecular weight excluding hydrogens is 626 g/mol. The maximum absolute atomic E-state index is 13.6. The third kappa shape index (κ3) is 7.26. The van der Waals surface area contributed by atoms with E-state index in [1.807, 2.05) is 6.26 Å². The Balaban J connectivity index is 1.88. The highest BCUT2D eigenvalue weighted by molar-refractivity contribution is 7.98. The Morgan fingerprint density at radius 3 is 2.31 bits per heavy atom. The molecule has 3 rings (SSSR count). The summed E-state index contributed by atoms with van der Waals surface area (Å²) in [6.45, 7) is 1.98. The molecule has 1 unspecified atom stereocenters. The van der Waals surface area contributed by atoms with Crippen molar-refractivity contribution in [3.63, 3.8) is 0 Å². The summed E-state index contributed by atoms with van der Waals surface area (Å²) in [7, 11) is 0. The lowest BCUT2D eigenvalue weighted by Crippen LogP contribution is -2.35. The molecule has 0 aliphatic rings. The van der Waals surface area contributed by atoms with Crippen LogP contribution in [-0.2, 0) is 18.6 Å². The summed E-state index contributed by atoms with van der Waals surface area (Å²) >= 11 is 7.67. The largest absolute Gasteiger partial charge is 0.461 e. The number of rotatable bonds is 9. The van der Waals surface area contributed by atoms with Crippen molar-refractivity contribution in [1.82, 2.24) is 30.0 Å². The van der Waals surface area contributed by atoms with E-state index in [-0.39, 0.29) is 38.3 Å². The Hall–Kier alpha value is -3.54. The van der Waals surface area contributed by atoms with E-state index in [0.717, 1.165) is 6.20 Å². The van der Waals surface area contributed by atoms with Crippen molar-refractivity contribution in [2.75, 3.05) is 17.3 Å². The topological polar surface area (TPSA) is 115 Å². The standard InChI is InChI=1S/C23H20ClF8N7O2S/c1-10(9-42-3)34-18(41)16-12(5-4-6-13(16)24)17(40)36-14-7-33-15(35-11(14)2)8-39-20(22(27,28)29)37-19(38-39)21(25,26)23(30,31)32/h4-7,10H,8-9H2,1-3H3,(H,34,41)(H,36,40). The van der Waals surface area contributed by atoms with E-state index in [4.69, 9.17) is 11.6 Å². The van der Waals surface area contributed by atoms with Gasteiger partial charge in [-0.15, -0.1) is 5.10 Å². The number of alkyl halides is 8. The number of nitrogens with zero attached hydrogens (tertiary/aromatic N) is 5. The Morgan fingerprint density at radius 1 is 1.07 bits per heavy atom. The van der Waals surface area contributed by atoms with Crippen LogP contribution in [0.1, 0.15) is 50.8 Å². The molecule has 2 N–H and O–H groups in total. The number of carbonyl (C=O) groups is 2. The average Bonchev–Trinajstić information content (AvgIpc) is 3.30. The fourth-order valence-electron chi connectivity index (χ4n) is 3.49. The van der Waals surface area contributed by atoms with Gasteiger partial charge in [0.05, 0.1) is 33.7 Å². The Bertz CT molecular complexity index is 1480. The number of hydrogen-bond acceptors (Lipinski definition) is 7. The van der Waals surface area contributed by atoms with Gasteiger partial charge in [-0.1, -0.05) is 17.7 Å². The first kappa shape index (κ1) is 33.0. The van der Waals surface area contributed by atoms with E-state index in [0.29, 0.717) is 5.75 Å². The zero-order valence-corrected chi connectivity index (χ0v) is 23.2. The minimum Gasteiger partial charge on any atom is -0.349 e. The number of thioether (sulfide) groups is 1. The predicted molar refractivity (Wildman–Crippen MR) is 136 cm³/mol. The minimum absolute atomic E-state index is 0.0106.